The molecule has 202 valence electrons. The lowest BCUT2D eigenvalue weighted by Crippen LogP contribution is -2.58. The molecule has 0 radical (unpaired) electrons. The number of nitrogens with zero attached hydrogens (tertiary/aromatic N) is 2. The van der Waals surface area contributed by atoms with Gasteiger partial charge in [0.1, 0.15) is 11.5 Å². The third-order valence-corrected chi connectivity index (χ3v) is 7.94. The van der Waals surface area contributed by atoms with Crippen molar-refractivity contribution < 1.29 is 23.9 Å². The van der Waals surface area contributed by atoms with Crippen molar-refractivity contribution in [2.24, 2.45) is 5.92 Å². The SMILES string of the molecule is Cc1ccc2cc1Oc1cccc(c1)CO[C@@H]1CCN(C(=O)CC3CCCC3)C[C@@H]1NC(=O)CN(C)C2=O. The van der Waals surface area contributed by atoms with Crippen molar-refractivity contribution in [1.29, 1.82) is 0 Å². The average Bonchev–Trinajstić information content (AvgIpc) is 3.41. The third kappa shape index (κ3) is 6.18. The number of likely N-dealkylation sites (N-methyl/N-ethyl adjacent to an activating group) is 1. The van der Waals surface area contributed by atoms with Gasteiger partial charge in [-0.1, -0.05) is 31.0 Å². The van der Waals surface area contributed by atoms with E-state index in [1.54, 1.807) is 19.2 Å². The maximum Gasteiger partial charge on any atom is 0.254 e. The molecule has 0 unspecified atom stereocenters. The Kier molecular flexibility index (Phi) is 7.98. The van der Waals surface area contributed by atoms with Crippen molar-refractivity contribution in [3.8, 4) is 11.5 Å². The van der Waals surface area contributed by atoms with E-state index in [-0.39, 0.29) is 36.4 Å². The van der Waals surface area contributed by atoms with Crippen LogP contribution in [0.15, 0.2) is 42.5 Å². The van der Waals surface area contributed by atoms with E-state index in [0.29, 0.717) is 55.5 Å². The number of benzene rings is 2. The lowest BCUT2D eigenvalue weighted by molar-refractivity contribution is -0.138. The van der Waals surface area contributed by atoms with Crippen LogP contribution in [0.25, 0.3) is 0 Å². The number of likely N-dealkylation sites (tertiary alicyclic amines) is 1. The zero-order chi connectivity index (χ0) is 26.6. The lowest BCUT2D eigenvalue weighted by atomic mass is 9.98. The molecule has 2 atom stereocenters. The summed E-state index contributed by atoms with van der Waals surface area (Å²) in [5, 5.41) is 3.08. The summed E-state index contributed by atoms with van der Waals surface area (Å²) >= 11 is 0. The van der Waals surface area contributed by atoms with Gasteiger partial charge in [0.15, 0.2) is 0 Å². The monoisotopic (exact) mass is 519 g/mol. The second-order valence-corrected chi connectivity index (χ2v) is 10.9. The van der Waals surface area contributed by atoms with Gasteiger partial charge < -0.3 is 24.6 Å². The molecule has 2 aromatic carbocycles. The van der Waals surface area contributed by atoms with Crippen LogP contribution in [-0.4, -0.2) is 66.3 Å². The smallest absolute Gasteiger partial charge is 0.254 e. The van der Waals surface area contributed by atoms with Crippen LogP contribution in [0.2, 0.25) is 0 Å². The molecule has 2 aromatic rings. The van der Waals surface area contributed by atoms with E-state index >= 15 is 0 Å². The number of aryl methyl sites for hydroxylation is 1. The third-order valence-electron chi connectivity index (χ3n) is 7.94. The molecule has 2 heterocycles. The van der Waals surface area contributed by atoms with Crippen LogP contribution < -0.4 is 10.1 Å². The van der Waals surface area contributed by atoms with Gasteiger partial charge in [-0.15, -0.1) is 0 Å². The largest absolute Gasteiger partial charge is 0.457 e. The Balaban J connectivity index is 1.37. The highest BCUT2D eigenvalue weighted by atomic mass is 16.5. The first kappa shape index (κ1) is 26.2. The number of amides is 3. The number of hydrogen-bond donors (Lipinski definition) is 1. The number of fused-ring (bicyclic) bond motifs is 5. The predicted octanol–water partition coefficient (Wildman–Crippen LogP) is 4.06. The molecule has 1 saturated heterocycles. The van der Waals surface area contributed by atoms with E-state index in [1.807, 2.05) is 42.2 Å². The zero-order valence-electron chi connectivity index (χ0n) is 22.3. The van der Waals surface area contributed by atoms with Crippen molar-refractivity contribution in [3.05, 3.63) is 59.2 Å². The van der Waals surface area contributed by atoms with Gasteiger partial charge in [0.2, 0.25) is 11.8 Å². The van der Waals surface area contributed by atoms with E-state index < -0.39 is 0 Å². The molecule has 1 N–H and O–H groups in total. The molecular formula is C30H37N3O5. The Labute approximate surface area is 224 Å². The van der Waals surface area contributed by atoms with Gasteiger partial charge in [-0.25, -0.2) is 0 Å². The minimum Gasteiger partial charge on any atom is -0.457 e. The van der Waals surface area contributed by atoms with Gasteiger partial charge in [-0.3, -0.25) is 14.4 Å². The second kappa shape index (κ2) is 11.6. The molecule has 38 heavy (non-hydrogen) atoms. The molecule has 0 aromatic heterocycles. The van der Waals surface area contributed by atoms with Gasteiger partial charge in [0.05, 0.1) is 25.3 Å². The van der Waals surface area contributed by atoms with Crippen molar-refractivity contribution in [1.82, 2.24) is 15.1 Å². The highest BCUT2D eigenvalue weighted by molar-refractivity contribution is 5.96. The number of ether oxygens (including phenoxy) is 2. The molecule has 4 bridgehead atoms. The van der Waals surface area contributed by atoms with Crippen LogP contribution in [0.5, 0.6) is 11.5 Å². The normalized spacial score (nSPS) is 23.0. The quantitative estimate of drug-likeness (QED) is 0.647. The summed E-state index contributed by atoms with van der Waals surface area (Å²) in [7, 11) is 1.61. The minimum absolute atomic E-state index is 0.0960. The van der Waals surface area contributed by atoms with Crippen LogP contribution in [0.3, 0.4) is 0 Å². The summed E-state index contributed by atoms with van der Waals surface area (Å²) in [6.07, 6.45) is 5.62. The van der Waals surface area contributed by atoms with E-state index in [9.17, 15) is 14.4 Å². The number of carbonyl (C=O) groups is 3. The van der Waals surface area contributed by atoms with E-state index in [1.165, 1.54) is 17.7 Å². The van der Waals surface area contributed by atoms with E-state index in [4.69, 9.17) is 9.47 Å². The molecule has 3 aliphatic rings. The van der Waals surface area contributed by atoms with E-state index in [0.717, 1.165) is 24.0 Å². The summed E-state index contributed by atoms with van der Waals surface area (Å²) < 4.78 is 12.5. The number of piperidine rings is 1. The van der Waals surface area contributed by atoms with Crippen LogP contribution in [0, 0.1) is 12.8 Å². The van der Waals surface area contributed by atoms with Crippen LogP contribution in [-0.2, 0) is 20.9 Å². The van der Waals surface area contributed by atoms with Crippen molar-refractivity contribution in [3.63, 3.8) is 0 Å². The predicted molar refractivity (Wildman–Crippen MR) is 143 cm³/mol. The fourth-order valence-corrected chi connectivity index (χ4v) is 5.72. The summed E-state index contributed by atoms with van der Waals surface area (Å²) in [4.78, 5) is 42.6. The average molecular weight is 520 g/mol. The molecule has 3 amide bonds. The summed E-state index contributed by atoms with van der Waals surface area (Å²) in [5.74, 6) is 1.34. The van der Waals surface area contributed by atoms with Crippen molar-refractivity contribution in [2.75, 3.05) is 26.7 Å². The van der Waals surface area contributed by atoms with E-state index in [2.05, 4.69) is 5.32 Å². The topological polar surface area (TPSA) is 88.2 Å². The Morgan fingerprint density at radius 3 is 2.71 bits per heavy atom. The Morgan fingerprint density at radius 1 is 1.08 bits per heavy atom. The first-order valence-corrected chi connectivity index (χ1v) is 13.7. The van der Waals surface area contributed by atoms with Gasteiger partial charge in [-0.05, 0) is 67.5 Å². The lowest BCUT2D eigenvalue weighted by Gasteiger charge is -2.39. The minimum atomic E-state index is -0.356. The summed E-state index contributed by atoms with van der Waals surface area (Å²) in [5.41, 5.74) is 2.30. The highest BCUT2D eigenvalue weighted by Gasteiger charge is 2.34. The molecule has 1 saturated carbocycles. The first-order valence-electron chi connectivity index (χ1n) is 13.7. The Hall–Kier alpha value is -3.39. The Bertz CT molecular complexity index is 1190. The molecule has 2 fully saturated rings. The van der Waals surface area contributed by atoms with Gasteiger partial charge >= 0.3 is 0 Å². The fourth-order valence-electron chi connectivity index (χ4n) is 5.72. The summed E-state index contributed by atoms with van der Waals surface area (Å²) in [6.45, 7) is 3.21. The molecule has 1 aliphatic carbocycles. The number of nitrogens with one attached hydrogen (secondary N) is 1. The number of rotatable bonds is 2. The molecule has 5 rings (SSSR count). The fraction of sp³-hybridized carbons (Fsp3) is 0.500. The number of hydrogen-bond acceptors (Lipinski definition) is 5. The number of carbonyl (C=O) groups excluding carboxylic acids is 3. The zero-order valence-corrected chi connectivity index (χ0v) is 22.3. The Morgan fingerprint density at radius 2 is 1.89 bits per heavy atom. The molecule has 2 aliphatic heterocycles. The first-order chi connectivity index (χ1) is 18.4. The maximum atomic E-state index is 13.1. The van der Waals surface area contributed by atoms with Crippen LogP contribution >= 0.6 is 0 Å². The second-order valence-electron chi connectivity index (χ2n) is 10.9. The molecule has 8 heteroatoms. The van der Waals surface area contributed by atoms with Gasteiger partial charge in [0, 0.05) is 32.1 Å². The molecule has 8 nitrogen and oxygen atoms in total. The van der Waals surface area contributed by atoms with Crippen LogP contribution in [0.4, 0.5) is 0 Å². The maximum absolute atomic E-state index is 13.1. The van der Waals surface area contributed by atoms with Crippen LogP contribution in [0.1, 0.15) is 60.0 Å². The molecule has 0 spiro atoms. The van der Waals surface area contributed by atoms with Crippen molar-refractivity contribution >= 4 is 17.7 Å². The molecular weight excluding hydrogens is 482 g/mol. The standard InChI is InChI=1S/C30H37N3O5/c1-20-10-11-23-16-27(20)38-24-9-5-8-22(14-24)19-37-26-12-13-33(29(35)15-21-6-3-4-7-21)17-25(26)31-28(34)18-32(2)30(23)36/h5,8-11,14,16,21,25-26H,3-4,6-7,12-13,15,17-19H2,1-2H3,(H,31,34)/t25-,26+/m0/s1. The highest BCUT2D eigenvalue weighted by Crippen LogP contribution is 2.30. The summed E-state index contributed by atoms with van der Waals surface area (Å²) in [6, 6.07) is 12.7. The van der Waals surface area contributed by atoms with Crippen molar-refractivity contribution in [2.45, 2.75) is 64.2 Å². The van der Waals surface area contributed by atoms with Gasteiger partial charge in [-0.2, -0.15) is 0 Å². The van der Waals surface area contributed by atoms with Gasteiger partial charge in [0.25, 0.3) is 5.91 Å².